The number of hydrogen-bond acceptors (Lipinski definition) is 4. The summed E-state index contributed by atoms with van der Waals surface area (Å²) in [5.41, 5.74) is 5.22. The van der Waals surface area contributed by atoms with E-state index in [1.54, 1.807) is 14.0 Å². The zero-order chi connectivity index (χ0) is 14.0. The molecule has 2 saturated carbocycles. The van der Waals surface area contributed by atoms with Gasteiger partial charge >= 0.3 is 0 Å². The molecule has 5 unspecified atom stereocenters. The Bertz CT molecular complexity index is 331. The molecule has 2 aliphatic rings. The van der Waals surface area contributed by atoms with E-state index in [1.165, 1.54) is 6.42 Å². The van der Waals surface area contributed by atoms with E-state index in [1.807, 2.05) is 0 Å². The molecule has 0 aromatic heterocycles. The fraction of sp³-hybridized carbons (Fsp3) is 0.929. The average Bonchev–Trinajstić information content (AvgIpc) is 2.94. The van der Waals surface area contributed by atoms with Crippen LogP contribution in [0.3, 0.4) is 0 Å². The lowest BCUT2D eigenvalue weighted by atomic mass is 9.84. The molecule has 0 aromatic carbocycles. The van der Waals surface area contributed by atoms with Crippen molar-refractivity contribution in [1.82, 2.24) is 5.32 Å². The number of methoxy groups -OCH3 is 1. The fourth-order valence-corrected chi connectivity index (χ4v) is 3.53. The van der Waals surface area contributed by atoms with Crippen molar-refractivity contribution in [3.63, 3.8) is 0 Å². The van der Waals surface area contributed by atoms with Gasteiger partial charge in [-0.2, -0.15) is 0 Å². The number of carbonyl (C=O) groups excluding carboxylic acids is 1. The van der Waals surface area contributed by atoms with Gasteiger partial charge in [-0.15, -0.1) is 0 Å². The molecule has 19 heavy (non-hydrogen) atoms. The molecule has 2 rings (SSSR count). The van der Waals surface area contributed by atoms with Gasteiger partial charge in [-0.05, 0) is 38.0 Å². The van der Waals surface area contributed by atoms with Gasteiger partial charge in [-0.1, -0.05) is 0 Å². The summed E-state index contributed by atoms with van der Waals surface area (Å²) in [6, 6.07) is 0.00248. The zero-order valence-corrected chi connectivity index (χ0v) is 11.9. The number of carbonyl (C=O) groups is 1. The summed E-state index contributed by atoms with van der Waals surface area (Å²) in [7, 11) is 1.60. The maximum Gasteiger partial charge on any atom is 0.225 e. The SMILES string of the molecule is COCCC(C)(O)CNC(=O)C1C2CCC(C2)C1N. The van der Waals surface area contributed by atoms with Crippen LogP contribution in [0.5, 0.6) is 0 Å². The second kappa shape index (κ2) is 5.77. The maximum absolute atomic E-state index is 12.2. The maximum atomic E-state index is 12.2. The minimum absolute atomic E-state index is 0.00248. The average molecular weight is 270 g/mol. The molecule has 0 saturated heterocycles. The minimum atomic E-state index is -0.923. The van der Waals surface area contributed by atoms with Crippen LogP contribution in [0.25, 0.3) is 0 Å². The highest BCUT2D eigenvalue weighted by molar-refractivity contribution is 5.80. The van der Waals surface area contributed by atoms with E-state index in [0.29, 0.717) is 24.9 Å². The number of hydrogen-bond donors (Lipinski definition) is 3. The molecule has 2 aliphatic carbocycles. The van der Waals surface area contributed by atoms with Crippen molar-refractivity contribution < 1.29 is 14.6 Å². The van der Waals surface area contributed by atoms with Crippen LogP contribution >= 0.6 is 0 Å². The molecule has 0 radical (unpaired) electrons. The molecule has 110 valence electrons. The normalized spacial score (nSPS) is 36.2. The number of fused-ring (bicyclic) bond motifs is 2. The van der Waals surface area contributed by atoms with Gasteiger partial charge in [0.25, 0.3) is 0 Å². The van der Waals surface area contributed by atoms with Gasteiger partial charge < -0.3 is 20.9 Å². The number of amides is 1. The van der Waals surface area contributed by atoms with Crippen molar-refractivity contribution in [3.8, 4) is 0 Å². The van der Waals surface area contributed by atoms with E-state index in [9.17, 15) is 9.90 Å². The second-order valence-electron chi connectivity index (χ2n) is 6.39. The molecular formula is C14H26N2O3. The van der Waals surface area contributed by atoms with Crippen molar-refractivity contribution in [2.24, 2.45) is 23.5 Å². The molecular weight excluding hydrogens is 244 g/mol. The van der Waals surface area contributed by atoms with E-state index in [0.717, 1.165) is 12.8 Å². The Morgan fingerprint density at radius 3 is 2.74 bits per heavy atom. The highest BCUT2D eigenvalue weighted by atomic mass is 16.5. The molecule has 0 aromatic rings. The lowest BCUT2D eigenvalue weighted by molar-refractivity contribution is -0.128. The third-order valence-electron chi connectivity index (χ3n) is 4.77. The standard InChI is InChI=1S/C14H26N2O3/c1-14(18,5-6-19-2)8-16-13(17)11-9-3-4-10(7-9)12(11)15/h9-12,18H,3-8,15H2,1-2H3,(H,16,17). The van der Waals surface area contributed by atoms with E-state index in [4.69, 9.17) is 10.5 Å². The molecule has 2 fully saturated rings. The van der Waals surface area contributed by atoms with Crippen molar-refractivity contribution >= 4 is 5.91 Å². The molecule has 0 heterocycles. The highest BCUT2D eigenvalue weighted by Crippen LogP contribution is 2.47. The van der Waals surface area contributed by atoms with Gasteiger partial charge in [0.1, 0.15) is 0 Å². The van der Waals surface area contributed by atoms with Crippen LogP contribution in [0.15, 0.2) is 0 Å². The van der Waals surface area contributed by atoms with Crippen LogP contribution in [-0.2, 0) is 9.53 Å². The molecule has 0 aliphatic heterocycles. The molecule has 5 heteroatoms. The summed E-state index contributed by atoms with van der Waals surface area (Å²) in [5, 5.41) is 13.0. The predicted molar refractivity (Wildman–Crippen MR) is 72.4 cm³/mol. The smallest absolute Gasteiger partial charge is 0.225 e. The third kappa shape index (κ3) is 3.27. The van der Waals surface area contributed by atoms with Gasteiger partial charge in [0.05, 0.1) is 11.5 Å². The molecule has 5 atom stereocenters. The largest absolute Gasteiger partial charge is 0.388 e. The van der Waals surface area contributed by atoms with E-state index < -0.39 is 5.60 Å². The number of nitrogens with two attached hydrogens (primary N) is 1. The lowest BCUT2D eigenvalue weighted by Crippen LogP contribution is -2.49. The van der Waals surface area contributed by atoms with Gasteiger partial charge in [-0.3, -0.25) is 4.79 Å². The Labute approximate surface area is 114 Å². The van der Waals surface area contributed by atoms with Gasteiger partial charge in [0, 0.05) is 32.7 Å². The van der Waals surface area contributed by atoms with Crippen LogP contribution in [0.2, 0.25) is 0 Å². The Balaban J connectivity index is 1.81. The first-order valence-corrected chi connectivity index (χ1v) is 7.19. The monoisotopic (exact) mass is 270 g/mol. The predicted octanol–water partition coefficient (Wildman–Crippen LogP) is 0.264. The second-order valence-corrected chi connectivity index (χ2v) is 6.39. The summed E-state index contributed by atoms with van der Waals surface area (Å²) in [5.74, 6) is 0.924. The van der Waals surface area contributed by atoms with Gasteiger partial charge in [0.2, 0.25) is 5.91 Å². The van der Waals surface area contributed by atoms with Crippen LogP contribution in [0.1, 0.15) is 32.6 Å². The molecule has 4 N–H and O–H groups in total. The minimum Gasteiger partial charge on any atom is -0.388 e. The van der Waals surface area contributed by atoms with Crippen LogP contribution in [-0.4, -0.2) is 42.9 Å². The summed E-state index contributed by atoms with van der Waals surface area (Å²) < 4.78 is 4.95. The van der Waals surface area contributed by atoms with E-state index in [2.05, 4.69) is 5.32 Å². The Morgan fingerprint density at radius 1 is 1.47 bits per heavy atom. The van der Waals surface area contributed by atoms with Gasteiger partial charge in [0.15, 0.2) is 0 Å². The zero-order valence-electron chi connectivity index (χ0n) is 11.9. The van der Waals surface area contributed by atoms with Gasteiger partial charge in [-0.25, -0.2) is 0 Å². The number of nitrogens with one attached hydrogen (secondary N) is 1. The Kier molecular flexibility index (Phi) is 4.48. The fourth-order valence-electron chi connectivity index (χ4n) is 3.53. The summed E-state index contributed by atoms with van der Waals surface area (Å²) in [6.07, 6.45) is 3.89. The van der Waals surface area contributed by atoms with Crippen LogP contribution in [0, 0.1) is 17.8 Å². The number of aliphatic hydroxyl groups is 1. The summed E-state index contributed by atoms with van der Waals surface area (Å²) in [6.45, 7) is 2.46. The van der Waals surface area contributed by atoms with Crippen LogP contribution < -0.4 is 11.1 Å². The molecule has 0 spiro atoms. The van der Waals surface area contributed by atoms with Crippen molar-refractivity contribution in [1.29, 1.82) is 0 Å². The summed E-state index contributed by atoms with van der Waals surface area (Å²) >= 11 is 0. The first kappa shape index (κ1) is 14.8. The first-order chi connectivity index (χ1) is 8.94. The molecule has 1 amide bonds. The van der Waals surface area contributed by atoms with Crippen molar-refractivity contribution in [2.75, 3.05) is 20.3 Å². The summed E-state index contributed by atoms with van der Waals surface area (Å²) in [4.78, 5) is 12.2. The molecule has 2 bridgehead atoms. The third-order valence-corrected chi connectivity index (χ3v) is 4.77. The highest BCUT2D eigenvalue weighted by Gasteiger charge is 2.49. The first-order valence-electron chi connectivity index (χ1n) is 7.19. The number of rotatable bonds is 6. The van der Waals surface area contributed by atoms with E-state index >= 15 is 0 Å². The lowest BCUT2D eigenvalue weighted by Gasteiger charge is -2.29. The van der Waals surface area contributed by atoms with Crippen LogP contribution in [0.4, 0.5) is 0 Å². The quantitative estimate of drug-likeness (QED) is 0.646. The Morgan fingerprint density at radius 2 is 2.16 bits per heavy atom. The Hall–Kier alpha value is -0.650. The molecule has 5 nitrogen and oxygen atoms in total. The van der Waals surface area contributed by atoms with E-state index in [-0.39, 0.29) is 24.4 Å². The topological polar surface area (TPSA) is 84.6 Å². The van der Waals surface area contributed by atoms with Crippen molar-refractivity contribution in [2.45, 2.75) is 44.2 Å². The van der Waals surface area contributed by atoms with Crippen molar-refractivity contribution in [3.05, 3.63) is 0 Å². The number of ether oxygens (including phenoxy) is 1.